The van der Waals surface area contributed by atoms with Crippen LogP contribution in [-0.4, -0.2) is 75.0 Å². The number of carbonyl (C=O) groups is 5. The van der Waals surface area contributed by atoms with E-state index < -0.39 is 47.9 Å². The lowest BCUT2D eigenvalue weighted by molar-refractivity contribution is -0.142. The molecule has 1 saturated carbocycles. The van der Waals surface area contributed by atoms with E-state index in [1.54, 1.807) is 30.6 Å². The first-order chi connectivity index (χ1) is 30.6. The molecular weight excluding hydrogens is 801 g/mol. The van der Waals surface area contributed by atoms with Crippen molar-refractivity contribution in [3.63, 3.8) is 0 Å². The van der Waals surface area contributed by atoms with Crippen molar-refractivity contribution in [2.45, 2.75) is 95.8 Å². The minimum Gasteiger partial charge on any atom is -0.489 e. The lowest BCUT2D eigenvalue weighted by atomic mass is 9.88. The van der Waals surface area contributed by atoms with E-state index in [1.165, 1.54) is 6.92 Å². The number of benzene rings is 4. The number of imidazole rings is 1. The molecule has 14 nitrogen and oxygen atoms in total. The molecular formula is C49H56N6O8. The monoisotopic (exact) mass is 856 g/mol. The van der Waals surface area contributed by atoms with Crippen molar-refractivity contribution in [3.05, 3.63) is 156 Å². The number of hydrogen-bond donors (Lipinski definition) is 5. The Kier molecular flexibility index (Phi) is 17.0. The van der Waals surface area contributed by atoms with Gasteiger partial charge in [-0.15, -0.1) is 0 Å². The van der Waals surface area contributed by atoms with Crippen LogP contribution in [0.15, 0.2) is 128 Å². The van der Waals surface area contributed by atoms with Gasteiger partial charge in [-0.05, 0) is 54.2 Å². The minimum atomic E-state index is -1.33. The van der Waals surface area contributed by atoms with Crippen molar-refractivity contribution in [1.82, 2.24) is 30.8 Å². The quantitative estimate of drug-likeness (QED) is 0.0628. The maximum atomic E-state index is 14.5. The first-order valence-electron chi connectivity index (χ1n) is 21.5. The topological polar surface area (TPSA) is 190 Å². The van der Waals surface area contributed by atoms with Crippen molar-refractivity contribution in [2.75, 3.05) is 6.61 Å². The van der Waals surface area contributed by atoms with Gasteiger partial charge in [0, 0.05) is 31.5 Å². The van der Waals surface area contributed by atoms with E-state index >= 15 is 0 Å². The van der Waals surface area contributed by atoms with Crippen molar-refractivity contribution in [3.8, 4) is 5.75 Å². The summed E-state index contributed by atoms with van der Waals surface area (Å²) < 4.78 is 13.7. The van der Waals surface area contributed by atoms with Crippen LogP contribution in [0.2, 0.25) is 0 Å². The number of rotatable bonds is 22. The van der Waals surface area contributed by atoms with Crippen LogP contribution in [0, 0.1) is 5.92 Å². The second-order valence-corrected chi connectivity index (χ2v) is 15.9. The summed E-state index contributed by atoms with van der Waals surface area (Å²) in [6.45, 7) is 2.06. The molecule has 0 radical (unpaired) electrons. The number of ether oxygens (including phenoxy) is 2. The summed E-state index contributed by atoms with van der Waals surface area (Å²) in [5, 5.41) is 20.5. The number of nitrogens with one attached hydrogen (secondary N) is 4. The molecule has 4 amide bonds. The highest BCUT2D eigenvalue weighted by atomic mass is 16.5. The number of carboxylic acids is 1. The van der Waals surface area contributed by atoms with E-state index in [9.17, 15) is 29.1 Å². The van der Waals surface area contributed by atoms with E-state index in [2.05, 4.69) is 26.3 Å². The van der Waals surface area contributed by atoms with Gasteiger partial charge in [-0.25, -0.2) is 4.98 Å². The Labute approximate surface area is 367 Å². The molecule has 14 heteroatoms. The van der Waals surface area contributed by atoms with Gasteiger partial charge in [0.25, 0.3) is 0 Å². The highest BCUT2D eigenvalue weighted by molar-refractivity contribution is 5.95. The Morgan fingerprint density at radius 3 is 1.83 bits per heavy atom. The number of aromatic nitrogens is 2. The Morgan fingerprint density at radius 1 is 0.651 bits per heavy atom. The molecule has 0 saturated heterocycles. The molecule has 5 aromatic rings. The van der Waals surface area contributed by atoms with Gasteiger partial charge in [0.15, 0.2) is 0 Å². The van der Waals surface area contributed by atoms with Gasteiger partial charge in [0.2, 0.25) is 23.6 Å². The molecule has 0 bridgehead atoms. The fourth-order valence-electron chi connectivity index (χ4n) is 7.35. The predicted molar refractivity (Wildman–Crippen MR) is 236 cm³/mol. The number of carboxylic acid groups (broad SMARTS) is 1. The van der Waals surface area contributed by atoms with Gasteiger partial charge < -0.3 is 40.4 Å². The summed E-state index contributed by atoms with van der Waals surface area (Å²) in [6.07, 6.45) is 7.90. The molecule has 63 heavy (non-hydrogen) atoms. The average Bonchev–Trinajstić information content (AvgIpc) is 3.75. The van der Waals surface area contributed by atoms with Crippen molar-refractivity contribution >= 4 is 29.6 Å². The van der Waals surface area contributed by atoms with Gasteiger partial charge in [-0.2, -0.15) is 0 Å². The highest BCUT2D eigenvalue weighted by Gasteiger charge is 2.33. The first kappa shape index (κ1) is 45.7. The molecule has 4 aromatic carbocycles. The van der Waals surface area contributed by atoms with E-state index in [-0.39, 0.29) is 37.9 Å². The molecule has 1 heterocycles. The van der Waals surface area contributed by atoms with Crippen LogP contribution >= 0.6 is 0 Å². The summed E-state index contributed by atoms with van der Waals surface area (Å²) in [7, 11) is 0. The van der Waals surface area contributed by atoms with Crippen molar-refractivity contribution in [1.29, 1.82) is 0 Å². The number of amides is 4. The molecule has 1 aromatic heterocycles. The third-order valence-corrected chi connectivity index (χ3v) is 10.9. The van der Waals surface area contributed by atoms with E-state index in [4.69, 9.17) is 9.47 Å². The number of carbonyl (C=O) groups excluding carboxylic acids is 4. The summed E-state index contributed by atoms with van der Waals surface area (Å²) in [5.74, 6) is -3.24. The second-order valence-electron chi connectivity index (χ2n) is 15.9. The molecule has 4 atom stereocenters. The van der Waals surface area contributed by atoms with Crippen LogP contribution in [0.4, 0.5) is 0 Å². The van der Waals surface area contributed by atoms with Crippen LogP contribution < -0.4 is 26.0 Å². The zero-order chi connectivity index (χ0) is 44.4. The lowest BCUT2D eigenvalue weighted by Gasteiger charge is -2.27. The molecule has 1 aliphatic carbocycles. The lowest BCUT2D eigenvalue weighted by Crippen LogP contribution is -2.59. The van der Waals surface area contributed by atoms with Crippen LogP contribution in [0.25, 0.3) is 0 Å². The fourth-order valence-corrected chi connectivity index (χ4v) is 7.35. The maximum Gasteiger partial charge on any atom is 0.325 e. The third kappa shape index (κ3) is 14.7. The Bertz CT molecular complexity index is 2230. The number of hydrogen-bond acceptors (Lipinski definition) is 8. The predicted octanol–water partition coefficient (Wildman–Crippen LogP) is 5.14. The smallest absolute Gasteiger partial charge is 0.325 e. The average molecular weight is 857 g/mol. The Hall–Kier alpha value is -6.80. The molecule has 6 rings (SSSR count). The van der Waals surface area contributed by atoms with Gasteiger partial charge in [0.05, 0.1) is 25.2 Å². The van der Waals surface area contributed by atoms with Gasteiger partial charge >= 0.3 is 5.97 Å². The number of nitrogens with zero attached hydrogens (tertiary/aromatic N) is 2. The summed E-state index contributed by atoms with van der Waals surface area (Å²) in [6, 6.07) is 31.0. The SMILES string of the molecule is C[C@@H](NC(=O)[C@H](COCc1ccccc1)NC(=O)[C@H](Cc1ccc(OCc2ccccc2)cc1)NC(=O)[C@H](Cc1cn(Cc2ccccc2)cn1)NC(=O)C1CCCCC1)C(=O)O. The van der Waals surface area contributed by atoms with Crippen molar-refractivity contribution < 1.29 is 38.6 Å². The Morgan fingerprint density at radius 2 is 1.21 bits per heavy atom. The molecule has 5 N–H and O–H groups in total. The van der Waals surface area contributed by atoms with Gasteiger partial charge in [-0.1, -0.05) is 122 Å². The van der Waals surface area contributed by atoms with Crippen LogP contribution in [0.5, 0.6) is 5.75 Å². The first-order valence-corrected chi connectivity index (χ1v) is 21.5. The Balaban J connectivity index is 1.23. The fraction of sp³-hybridized carbons (Fsp3) is 0.347. The highest BCUT2D eigenvalue weighted by Crippen LogP contribution is 2.24. The molecule has 0 aliphatic heterocycles. The second kappa shape index (κ2) is 23.4. The van der Waals surface area contributed by atoms with E-state index in [1.807, 2.05) is 102 Å². The standard InChI is InChI=1S/C49H56N6O8/c1-34(49(60)61)51-48(59)44(32-62-30-37-16-8-3-9-17-37)54-46(57)42(26-35-22-24-41(25-23-35)63-31-38-18-10-4-11-19-38)53-47(58)43(52-45(56)39-20-12-5-13-21-39)27-40-29-55(33-50-40)28-36-14-6-2-7-15-36/h2-4,6-11,14-19,22-25,29,33-34,39,42-44H,5,12-13,20-21,26-28,30-32H2,1H3,(H,51,59)(H,52,56)(H,53,58)(H,54,57)(H,60,61)/t34-,42+,43+,44+/m1/s1. The largest absolute Gasteiger partial charge is 0.489 e. The summed E-state index contributed by atoms with van der Waals surface area (Å²) in [4.78, 5) is 72.3. The molecule has 0 unspecified atom stereocenters. The van der Waals surface area contributed by atoms with Crippen LogP contribution in [0.1, 0.15) is 67.0 Å². The number of aliphatic carboxylic acids is 1. The minimum absolute atomic E-state index is 0.00370. The zero-order valence-electron chi connectivity index (χ0n) is 35.5. The molecule has 1 aliphatic rings. The third-order valence-electron chi connectivity index (χ3n) is 10.9. The zero-order valence-corrected chi connectivity index (χ0v) is 35.5. The van der Waals surface area contributed by atoms with E-state index in [0.29, 0.717) is 30.2 Å². The maximum absolute atomic E-state index is 14.5. The van der Waals surface area contributed by atoms with Crippen LogP contribution in [0.3, 0.4) is 0 Å². The molecule has 1 fully saturated rings. The summed E-state index contributed by atoms with van der Waals surface area (Å²) >= 11 is 0. The molecule has 0 spiro atoms. The van der Waals surface area contributed by atoms with Gasteiger partial charge in [-0.3, -0.25) is 24.0 Å². The molecule has 330 valence electrons. The van der Waals surface area contributed by atoms with E-state index in [0.717, 1.165) is 48.8 Å². The van der Waals surface area contributed by atoms with Crippen LogP contribution in [-0.2, 0) is 61.3 Å². The normalized spacial score (nSPS) is 14.6. The summed E-state index contributed by atoms with van der Waals surface area (Å²) in [5.41, 5.74) is 4.14. The van der Waals surface area contributed by atoms with Gasteiger partial charge in [0.1, 0.15) is 36.5 Å². The van der Waals surface area contributed by atoms with Crippen molar-refractivity contribution in [2.24, 2.45) is 5.92 Å².